The monoisotopic (exact) mass is 173 g/mol. The number of hydrogen-bond donors (Lipinski definition) is 0. The summed E-state index contributed by atoms with van der Waals surface area (Å²) in [5.41, 5.74) is 4.90. The lowest BCUT2D eigenvalue weighted by molar-refractivity contribution is 1.31. The Morgan fingerprint density at radius 1 is 1.31 bits per heavy atom. The molecular weight excluding hydrogens is 158 g/mol. The summed E-state index contributed by atoms with van der Waals surface area (Å²) in [6, 6.07) is 4.19. The lowest BCUT2D eigenvalue weighted by atomic mass is 9.98. The molecule has 0 atom stereocenters. The molecule has 1 aromatic rings. The van der Waals surface area contributed by atoms with E-state index in [1.54, 1.807) is 7.05 Å². The van der Waals surface area contributed by atoms with E-state index in [4.69, 9.17) is 0 Å². The van der Waals surface area contributed by atoms with E-state index in [9.17, 15) is 0 Å². The minimum absolute atomic E-state index is 1.15. The minimum atomic E-state index is 1.15. The molecule has 0 saturated heterocycles. The molecular formula is C12H15N. The van der Waals surface area contributed by atoms with Crippen LogP contribution in [0.3, 0.4) is 0 Å². The number of nitrogens with zero attached hydrogens (tertiary/aromatic N) is 1. The van der Waals surface area contributed by atoms with Crippen molar-refractivity contribution < 1.29 is 0 Å². The third-order valence-corrected chi connectivity index (χ3v) is 2.30. The molecule has 1 rings (SSSR count). The van der Waals surface area contributed by atoms with E-state index in [1.165, 1.54) is 16.7 Å². The van der Waals surface area contributed by atoms with Crippen LogP contribution in [-0.2, 0) is 0 Å². The smallest absolute Gasteiger partial charge is 0.0290 e. The highest BCUT2D eigenvalue weighted by molar-refractivity contribution is 5.87. The van der Waals surface area contributed by atoms with Crippen LogP contribution in [0, 0.1) is 13.8 Å². The van der Waals surface area contributed by atoms with Gasteiger partial charge in [-0.25, -0.2) is 0 Å². The second-order valence-corrected chi connectivity index (χ2v) is 3.10. The van der Waals surface area contributed by atoms with Crippen molar-refractivity contribution in [2.45, 2.75) is 13.8 Å². The van der Waals surface area contributed by atoms with E-state index in [-0.39, 0.29) is 0 Å². The van der Waals surface area contributed by atoms with Crippen LogP contribution in [-0.4, -0.2) is 13.3 Å². The Bertz CT molecular complexity index is 348. The van der Waals surface area contributed by atoms with Crippen LogP contribution in [0.1, 0.15) is 22.3 Å². The van der Waals surface area contributed by atoms with Crippen LogP contribution in [0.5, 0.6) is 0 Å². The van der Waals surface area contributed by atoms with Crippen molar-refractivity contribution in [3.8, 4) is 0 Å². The van der Waals surface area contributed by atoms with Crippen LogP contribution in [0.2, 0.25) is 0 Å². The van der Waals surface area contributed by atoms with Crippen molar-refractivity contribution >= 4 is 12.3 Å². The van der Waals surface area contributed by atoms with E-state index in [0.29, 0.717) is 0 Å². The molecule has 0 aliphatic rings. The lowest BCUT2D eigenvalue weighted by Crippen LogP contribution is -1.94. The van der Waals surface area contributed by atoms with Crippen molar-refractivity contribution in [3.05, 3.63) is 41.0 Å². The summed E-state index contributed by atoms with van der Waals surface area (Å²) in [5, 5.41) is 0. The van der Waals surface area contributed by atoms with E-state index >= 15 is 0 Å². The molecule has 0 aliphatic heterocycles. The molecule has 0 bridgehead atoms. The Balaban J connectivity index is 3.40. The van der Waals surface area contributed by atoms with Gasteiger partial charge in [-0.2, -0.15) is 0 Å². The third-order valence-electron chi connectivity index (χ3n) is 2.30. The Kier molecular flexibility index (Phi) is 3.02. The Hall–Kier alpha value is -1.37. The molecule has 13 heavy (non-hydrogen) atoms. The average molecular weight is 173 g/mol. The second kappa shape index (κ2) is 4.04. The average Bonchev–Trinajstić information content (AvgIpc) is 2.14. The van der Waals surface area contributed by atoms with Gasteiger partial charge < -0.3 is 0 Å². The highest BCUT2D eigenvalue weighted by Gasteiger charge is 2.02. The number of aliphatic imine (C=N–C) groups is 1. The first kappa shape index (κ1) is 9.72. The highest BCUT2D eigenvalue weighted by Crippen LogP contribution is 2.17. The number of aryl methyl sites for hydroxylation is 1. The van der Waals surface area contributed by atoms with Crippen molar-refractivity contribution in [1.82, 2.24) is 0 Å². The van der Waals surface area contributed by atoms with Crippen LogP contribution < -0.4 is 0 Å². The van der Waals surface area contributed by atoms with Crippen molar-refractivity contribution in [2.75, 3.05) is 7.05 Å². The van der Waals surface area contributed by atoms with E-state index in [0.717, 1.165) is 5.56 Å². The summed E-state index contributed by atoms with van der Waals surface area (Å²) in [6.07, 6.45) is 3.75. The predicted octanol–water partition coefficient (Wildman–Crippen LogP) is 3.00. The summed E-state index contributed by atoms with van der Waals surface area (Å²) >= 11 is 0. The van der Waals surface area contributed by atoms with Crippen LogP contribution in [0.25, 0.3) is 6.08 Å². The van der Waals surface area contributed by atoms with E-state index in [1.807, 2.05) is 12.3 Å². The fraction of sp³-hybridized carbons (Fsp3) is 0.250. The lowest BCUT2D eigenvalue weighted by Gasteiger charge is -2.07. The minimum Gasteiger partial charge on any atom is -0.296 e. The highest BCUT2D eigenvalue weighted by atomic mass is 14.6. The molecule has 0 aliphatic carbocycles. The van der Waals surface area contributed by atoms with Crippen LogP contribution in [0.15, 0.2) is 23.7 Å². The quantitative estimate of drug-likeness (QED) is 0.610. The Morgan fingerprint density at radius 3 is 2.54 bits per heavy atom. The summed E-state index contributed by atoms with van der Waals surface area (Å²) in [4.78, 5) is 4.04. The van der Waals surface area contributed by atoms with Crippen molar-refractivity contribution in [1.29, 1.82) is 0 Å². The zero-order valence-electron chi connectivity index (χ0n) is 8.46. The zero-order valence-corrected chi connectivity index (χ0v) is 8.46. The second-order valence-electron chi connectivity index (χ2n) is 3.10. The molecule has 0 amide bonds. The first-order chi connectivity index (χ1) is 6.20. The molecule has 0 radical (unpaired) electrons. The van der Waals surface area contributed by atoms with Gasteiger partial charge in [-0.15, -0.1) is 0 Å². The third kappa shape index (κ3) is 1.86. The van der Waals surface area contributed by atoms with Gasteiger partial charge in [-0.05, 0) is 30.5 Å². The van der Waals surface area contributed by atoms with E-state index in [2.05, 4.69) is 37.6 Å². The molecule has 0 spiro atoms. The Labute approximate surface area is 79.8 Å². The van der Waals surface area contributed by atoms with E-state index < -0.39 is 0 Å². The van der Waals surface area contributed by atoms with Crippen LogP contribution >= 0.6 is 0 Å². The molecule has 1 nitrogen and oxygen atoms in total. The summed E-state index contributed by atoms with van der Waals surface area (Å²) in [7, 11) is 1.79. The molecule has 0 heterocycles. The molecule has 0 unspecified atom stereocenters. The van der Waals surface area contributed by atoms with Crippen molar-refractivity contribution in [2.24, 2.45) is 4.99 Å². The fourth-order valence-corrected chi connectivity index (χ4v) is 1.34. The molecule has 0 aromatic heterocycles. The van der Waals surface area contributed by atoms with Gasteiger partial charge in [0.2, 0.25) is 0 Å². The standard InChI is InChI=1S/C12H15N/c1-5-11-7-6-9(2)10(3)12(11)8-13-4/h5-8H,1H2,2-4H3/b13-8-. The Morgan fingerprint density at radius 2 is 2.00 bits per heavy atom. The number of benzene rings is 1. The zero-order chi connectivity index (χ0) is 9.84. The van der Waals surface area contributed by atoms with Gasteiger partial charge in [0.15, 0.2) is 0 Å². The molecule has 0 fully saturated rings. The number of rotatable bonds is 2. The first-order valence-electron chi connectivity index (χ1n) is 4.35. The maximum atomic E-state index is 4.04. The SMILES string of the molecule is C=Cc1ccc(C)c(C)c1/C=N\C. The maximum Gasteiger partial charge on any atom is 0.0290 e. The first-order valence-corrected chi connectivity index (χ1v) is 4.35. The van der Waals surface area contributed by atoms with Gasteiger partial charge in [0, 0.05) is 18.8 Å². The summed E-state index contributed by atoms with van der Waals surface area (Å²) in [5.74, 6) is 0. The normalized spacial score (nSPS) is 10.7. The van der Waals surface area contributed by atoms with Crippen LogP contribution in [0.4, 0.5) is 0 Å². The van der Waals surface area contributed by atoms with Gasteiger partial charge in [-0.3, -0.25) is 4.99 Å². The number of hydrogen-bond acceptors (Lipinski definition) is 1. The fourth-order valence-electron chi connectivity index (χ4n) is 1.34. The van der Waals surface area contributed by atoms with Gasteiger partial charge in [-0.1, -0.05) is 24.8 Å². The largest absolute Gasteiger partial charge is 0.296 e. The topological polar surface area (TPSA) is 12.4 Å². The molecule has 0 saturated carbocycles. The molecule has 0 N–H and O–H groups in total. The van der Waals surface area contributed by atoms with Gasteiger partial charge in [0.25, 0.3) is 0 Å². The summed E-state index contributed by atoms with van der Waals surface area (Å²) < 4.78 is 0. The summed E-state index contributed by atoms with van der Waals surface area (Å²) in [6.45, 7) is 8.00. The molecule has 1 heteroatoms. The predicted molar refractivity (Wildman–Crippen MR) is 59.5 cm³/mol. The molecule has 68 valence electrons. The maximum absolute atomic E-state index is 4.04. The molecule has 1 aromatic carbocycles. The van der Waals surface area contributed by atoms with Crippen molar-refractivity contribution in [3.63, 3.8) is 0 Å². The van der Waals surface area contributed by atoms with Gasteiger partial charge >= 0.3 is 0 Å². The van der Waals surface area contributed by atoms with Gasteiger partial charge in [0.1, 0.15) is 0 Å². The van der Waals surface area contributed by atoms with Gasteiger partial charge in [0.05, 0.1) is 0 Å².